The summed E-state index contributed by atoms with van der Waals surface area (Å²) in [5.41, 5.74) is 2.16. The fourth-order valence-electron chi connectivity index (χ4n) is 1.89. The highest BCUT2D eigenvalue weighted by molar-refractivity contribution is 6.32. The van der Waals surface area contributed by atoms with E-state index in [9.17, 15) is 0 Å². The van der Waals surface area contributed by atoms with Crippen molar-refractivity contribution in [2.75, 3.05) is 5.32 Å². The van der Waals surface area contributed by atoms with E-state index in [2.05, 4.69) is 31.1 Å². The third-order valence-electron chi connectivity index (χ3n) is 2.74. The summed E-state index contributed by atoms with van der Waals surface area (Å²) in [7, 11) is 0. The minimum atomic E-state index is 0.510. The zero-order chi connectivity index (χ0) is 12.0. The molecule has 1 aromatic rings. The number of pyridine rings is 1. The van der Waals surface area contributed by atoms with Crippen molar-refractivity contribution >= 4 is 17.3 Å². The standard InChI is InChI=1S/C13H21ClN2/c1-4-6-11(7-5-2)16-12-10(3)8-9-15-13(12)14/h8-9,11,16H,4-7H2,1-3H3. The normalized spacial score (nSPS) is 10.8. The van der Waals surface area contributed by atoms with Gasteiger partial charge in [0.25, 0.3) is 0 Å². The molecule has 0 aliphatic rings. The van der Waals surface area contributed by atoms with Gasteiger partial charge in [-0.25, -0.2) is 4.98 Å². The van der Waals surface area contributed by atoms with Gasteiger partial charge < -0.3 is 5.32 Å². The molecule has 0 saturated heterocycles. The molecule has 0 radical (unpaired) electrons. The van der Waals surface area contributed by atoms with Crippen molar-refractivity contribution in [3.63, 3.8) is 0 Å². The topological polar surface area (TPSA) is 24.9 Å². The largest absolute Gasteiger partial charge is 0.380 e. The SMILES string of the molecule is CCCC(CCC)Nc1c(C)ccnc1Cl. The first kappa shape index (κ1) is 13.3. The summed E-state index contributed by atoms with van der Waals surface area (Å²) in [5, 5.41) is 4.10. The molecule has 1 N–H and O–H groups in total. The van der Waals surface area contributed by atoms with Crippen LogP contribution in [0, 0.1) is 6.92 Å². The summed E-state index contributed by atoms with van der Waals surface area (Å²) in [4.78, 5) is 4.12. The Balaban J connectivity index is 2.76. The van der Waals surface area contributed by atoms with Crippen LogP contribution in [-0.4, -0.2) is 11.0 Å². The van der Waals surface area contributed by atoms with Crippen molar-refractivity contribution in [1.29, 1.82) is 0 Å². The molecule has 2 nitrogen and oxygen atoms in total. The molecule has 0 atom stereocenters. The van der Waals surface area contributed by atoms with Crippen LogP contribution in [0.5, 0.6) is 0 Å². The maximum absolute atomic E-state index is 6.10. The summed E-state index contributed by atoms with van der Waals surface area (Å²) in [6.45, 7) is 6.48. The van der Waals surface area contributed by atoms with E-state index in [0.717, 1.165) is 11.3 Å². The summed E-state index contributed by atoms with van der Waals surface area (Å²) in [5.74, 6) is 0. The first-order valence-corrected chi connectivity index (χ1v) is 6.44. The Kier molecular flexibility index (Phi) is 5.61. The van der Waals surface area contributed by atoms with Crippen LogP contribution >= 0.6 is 11.6 Å². The third-order valence-corrected chi connectivity index (χ3v) is 3.02. The minimum absolute atomic E-state index is 0.510. The van der Waals surface area contributed by atoms with Gasteiger partial charge in [-0.15, -0.1) is 0 Å². The van der Waals surface area contributed by atoms with Gasteiger partial charge in [-0.05, 0) is 31.4 Å². The molecular weight excluding hydrogens is 220 g/mol. The zero-order valence-electron chi connectivity index (χ0n) is 10.4. The van der Waals surface area contributed by atoms with Gasteiger partial charge in [0.2, 0.25) is 0 Å². The van der Waals surface area contributed by atoms with Gasteiger partial charge in [0.05, 0.1) is 5.69 Å². The van der Waals surface area contributed by atoms with Crippen molar-refractivity contribution in [1.82, 2.24) is 4.98 Å². The van der Waals surface area contributed by atoms with E-state index in [1.54, 1.807) is 6.20 Å². The summed E-state index contributed by atoms with van der Waals surface area (Å²) in [6, 6.07) is 2.50. The monoisotopic (exact) mass is 240 g/mol. The molecule has 0 aliphatic carbocycles. The molecule has 0 amide bonds. The Morgan fingerprint density at radius 1 is 1.31 bits per heavy atom. The number of hydrogen-bond acceptors (Lipinski definition) is 2. The van der Waals surface area contributed by atoms with Gasteiger partial charge in [0, 0.05) is 12.2 Å². The van der Waals surface area contributed by atoms with Gasteiger partial charge >= 0.3 is 0 Å². The van der Waals surface area contributed by atoms with Crippen molar-refractivity contribution < 1.29 is 0 Å². The van der Waals surface area contributed by atoms with Crippen LogP contribution in [0.15, 0.2) is 12.3 Å². The molecule has 0 aromatic carbocycles. The van der Waals surface area contributed by atoms with Gasteiger partial charge in [-0.1, -0.05) is 38.3 Å². The summed E-state index contributed by atoms with van der Waals surface area (Å²) >= 11 is 6.10. The molecule has 0 saturated carbocycles. The van der Waals surface area contributed by atoms with E-state index >= 15 is 0 Å². The summed E-state index contributed by atoms with van der Waals surface area (Å²) < 4.78 is 0. The number of hydrogen-bond donors (Lipinski definition) is 1. The molecule has 1 aromatic heterocycles. The van der Waals surface area contributed by atoms with Gasteiger partial charge in [0.15, 0.2) is 5.15 Å². The van der Waals surface area contributed by atoms with E-state index in [1.807, 2.05) is 6.07 Å². The molecule has 0 fully saturated rings. The number of anilines is 1. The fourth-order valence-corrected chi connectivity index (χ4v) is 2.15. The highest BCUT2D eigenvalue weighted by Gasteiger charge is 2.11. The number of aromatic nitrogens is 1. The first-order chi connectivity index (χ1) is 7.69. The van der Waals surface area contributed by atoms with Gasteiger partial charge in [-0.3, -0.25) is 0 Å². The first-order valence-electron chi connectivity index (χ1n) is 6.06. The van der Waals surface area contributed by atoms with Crippen LogP contribution in [-0.2, 0) is 0 Å². The molecular formula is C13H21ClN2. The second-order valence-corrected chi connectivity index (χ2v) is 4.57. The number of rotatable bonds is 6. The van der Waals surface area contributed by atoms with Gasteiger partial charge in [-0.2, -0.15) is 0 Å². The van der Waals surface area contributed by atoms with Crippen LogP contribution < -0.4 is 5.32 Å². The highest BCUT2D eigenvalue weighted by Crippen LogP contribution is 2.25. The second kappa shape index (κ2) is 6.74. The number of halogens is 1. The molecule has 3 heteroatoms. The van der Waals surface area contributed by atoms with E-state index in [4.69, 9.17) is 11.6 Å². The van der Waals surface area contributed by atoms with E-state index in [1.165, 1.54) is 25.7 Å². The average Bonchev–Trinajstić information content (AvgIpc) is 2.24. The maximum Gasteiger partial charge on any atom is 0.152 e. The number of nitrogens with one attached hydrogen (secondary N) is 1. The molecule has 1 heterocycles. The third kappa shape index (κ3) is 3.67. The maximum atomic E-state index is 6.10. The van der Waals surface area contributed by atoms with Gasteiger partial charge in [0.1, 0.15) is 0 Å². The number of nitrogens with zero attached hydrogens (tertiary/aromatic N) is 1. The van der Waals surface area contributed by atoms with Crippen LogP contribution in [0.2, 0.25) is 5.15 Å². The van der Waals surface area contributed by atoms with Crippen molar-refractivity contribution in [2.24, 2.45) is 0 Å². The molecule has 0 aliphatic heterocycles. The lowest BCUT2D eigenvalue weighted by atomic mass is 10.1. The van der Waals surface area contributed by atoms with Crippen LogP contribution in [0.25, 0.3) is 0 Å². The Morgan fingerprint density at radius 3 is 2.44 bits per heavy atom. The Hall–Kier alpha value is -0.760. The molecule has 90 valence electrons. The molecule has 0 spiro atoms. The number of aryl methyl sites for hydroxylation is 1. The Labute approximate surface area is 103 Å². The highest BCUT2D eigenvalue weighted by atomic mass is 35.5. The fraction of sp³-hybridized carbons (Fsp3) is 0.615. The zero-order valence-corrected chi connectivity index (χ0v) is 11.1. The van der Waals surface area contributed by atoms with Crippen LogP contribution in [0.3, 0.4) is 0 Å². The van der Waals surface area contributed by atoms with Crippen LogP contribution in [0.4, 0.5) is 5.69 Å². The van der Waals surface area contributed by atoms with Crippen molar-refractivity contribution in [3.05, 3.63) is 23.0 Å². The average molecular weight is 241 g/mol. The predicted octanol–water partition coefficient (Wildman–Crippen LogP) is 4.42. The Bertz CT molecular complexity index is 299. The molecule has 16 heavy (non-hydrogen) atoms. The van der Waals surface area contributed by atoms with E-state index in [-0.39, 0.29) is 0 Å². The molecule has 0 unspecified atom stereocenters. The van der Waals surface area contributed by atoms with Crippen LogP contribution in [0.1, 0.15) is 45.1 Å². The lowest BCUT2D eigenvalue weighted by molar-refractivity contribution is 0.586. The lowest BCUT2D eigenvalue weighted by Gasteiger charge is -2.20. The minimum Gasteiger partial charge on any atom is -0.380 e. The summed E-state index contributed by atoms with van der Waals surface area (Å²) in [6.07, 6.45) is 6.48. The van der Waals surface area contributed by atoms with E-state index < -0.39 is 0 Å². The smallest absolute Gasteiger partial charge is 0.152 e. The Morgan fingerprint density at radius 2 is 1.94 bits per heavy atom. The molecule has 0 bridgehead atoms. The lowest BCUT2D eigenvalue weighted by Crippen LogP contribution is -2.20. The molecule has 1 rings (SSSR count). The predicted molar refractivity (Wildman–Crippen MR) is 71.2 cm³/mol. The second-order valence-electron chi connectivity index (χ2n) is 4.21. The quantitative estimate of drug-likeness (QED) is 0.745. The van der Waals surface area contributed by atoms with Crippen molar-refractivity contribution in [2.45, 2.75) is 52.5 Å². The van der Waals surface area contributed by atoms with E-state index in [0.29, 0.717) is 11.2 Å². The van der Waals surface area contributed by atoms with Crippen molar-refractivity contribution in [3.8, 4) is 0 Å².